The van der Waals surface area contributed by atoms with Gasteiger partial charge in [0.05, 0.1) is 0 Å². The average Bonchev–Trinajstić information content (AvgIpc) is 2.15. The number of azide groups is 1. The van der Waals surface area contributed by atoms with Gasteiger partial charge in [0.2, 0.25) is 0 Å². The maximum atomic E-state index is 13.1. The van der Waals surface area contributed by atoms with E-state index in [0.717, 1.165) is 12.1 Å². The van der Waals surface area contributed by atoms with Crippen LogP contribution in [0, 0.1) is 11.6 Å². The molecule has 0 atom stereocenters. The lowest BCUT2D eigenvalue weighted by Crippen LogP contribution is -1.88. The van der Waals surface area contributed by atoms with Crippen LogP contribution in [0.2, 0.25) is 5.02 Å². The van der Waals surface area contributed by atoms with Crippen LogP contribution in [-0.4, -0.2) is 6.54 Å². The minimum absolute atomic E-state index is 0.00260. The third-order valence-electron chi connectivity index (χ3n) is 1.58. The van der Waals surface area contributed by atoms with Crippen molar-refractivity contribution in [2.45, 2.75) is 0 Å². The van der Waals surface area contributed by atoms with Gasteiger partial charge in [-0.15, -0.1) is 0 Å². The summed E-state index contributed by atoms with van der Waals surface area (Å²) in [4.78, 5) is 2.49. The van der Waals surface area contributed by atoms with Gasteiger partial charge < -0.3 is 0 Å². The van der Waals surface area contributed by atoms with Crippen molar-refractivity contribution in [1.29, 1.82) is 0 Å². The van der Waals surface area contributed by atoms with Gasteiger partial charge in [-0.05, 0) is 17.7 Å². The van der Waals surface area contributed by atoms with E-state index in [1.165, 1.54) is 12.2 Å². The molecule has 15 heavy (non-hydrogen) atoms. The lowest BCUT2D eigenvalue weighted by molar-refractivity contribution is 0.579. The van der Waals surface area contributed by atoms with E-state index >= 15 is 0 Å². The Balaban J connectivity index is 2.94. The smallest absolute Gasteiger partial charge is 0.134 e. The van der Waals surface area contributed by atoms with Crippen molar-refractivity contribution in [2.75, 3.05) is 6.54 Å². The van der Waals surface area contributed by atoms with E-state index in [1.54, 1.807) is 0 Å². The van der Waals surface area contributed by atoms with Crippen LogP contribution in [0.15, 0.2) is 23.3 Å². The normalized spacial score (nSPS) is 10.3. The van der Waals surface area contributed by atoms with Gasteiger partial charge in [0.25, 0.3) is 0 Å². The highest BCUT2D eigenvalue weighted by Crippen LogP contribution is 2.19. The second kappa shape index (κ2) is 5.34. The zero-order valence-corrected chi connectivity index (χ0v) is 8.25. The fourth-order valence-electron chi connectivity index (χ4n) is 0.967. The Morgan fingerprint density at radius 1 is 1.40 bits per heavy atom. The zero-order chi connectivity index (χ0) is 11.3. The molecule has 0 saturated carbocycles. The third-order valence-corrected chi connectivity index (χ3v) is 1.80. The van der Waals surface area contributed by atoms with E-state index in [-0.39, 0.29) is 17.1 Å². The quantitative estimate of drug-likeness (QED) is 0.428. The van der Waals surface area contributed by atoms with Crippen molar-refractivity contribution < 1.29 is 8.78 Å². The molecule has 78 valence electrons. The van der Waals surface area contributed by atoms with Crippen molar-refractivity contribution in [2.24, 2.45) is 5.11 Å². The monoisotopic (exact) mass is 229 g/mol. The SMILES string of the molecule is [N-]=[N+]=NCC=Cc1c(F)cc(Cl)cc1F. The maximum absolute atomic E-state index is 13.1. The minimum atomic E-state index is -0.753. The molecule has 0 heterocycles. The highest BCUT2D eigenvalue weighted by atomic mass is 35.5. The van der Waals surface area contributed by atoms with Crippen molar-refractivity contribution in [1.82, 2.24) is 0 Å². The molecule has 0 aliphatic rings. The summed E-state index contributed by atoms with van der Waals surface area (Å²) in [6, 6.07) is 2.02. The Hall–Kier alpha value is -1.58. The molecular formula is C9H6ClF2N3. The Kier molecular flexibility index (Phi) is 4.09. The van der Waals surface area contributed by atoms with Crippen LogP contribution in [0.25, 0.3) is 16.5 Å². The van der Waals surface area contributed by atoms with Crippen LogP contribution in [0.4, 0.5) is 8.78 Å². The Labute approximate surface area is 89.6 Å². The first-order valence-electron chi connectivity index (χ1n) is 3.97. The van der Waals surface area contributed by atoms with Crippen molar-refractivity contribution in [3.8, 4) is 0 Å². The molecule has 0 bridgehead atoms. The summed E-state index contributed by atoms with van der Waals surface area (Å²) < 4.78 is 26.3. The first-order chi connectivity index (χ1) is 7.15. The first kappa shape index (κ1) is 11.5. The molecule has 6 heteroatoms. The number of hydrogen-bond donors (Lipinski definition) is 0. The van der Waals surface area contributed by atoms with Crippen LogP contribution < -0.4 is 0 Å². The average molecular weight is 230 g/mol. The van der Waals surface area contributed by atoms with Crippen LogP contribution >= 0.6 is 11.6 Å². The zero-order valence-electron chi connectivity index (χ0n) is 7.49. The molecule has 0 fully saturated rings. The predicted molar refractivity (Wildman–Crippen MR) is 54.4 cm³/mol. The highest BCUT2D eigenvalue weighted by molar-refractivity contribution is 6.30. The molecule has 0 aromatic heterocycles. The summed E-state index contributed by atoms with van der Waals surface area (Å²) >= 11 is 5.44. The van der Waals surface area contributed by atoms with E-state index in [9.17, 15) is 8.78 Å². The van der Waals surface area contributed by atoms with Crippen LogP contribution in [0.3, 0.4) is 0 Å². The van der Waals surface area contributed by atoms with E-state index in [4.69, 9.17) is 17.1 Å². The second-order valence-corrected chi connectivity index (χ2v) is 3.04. The second-order valence-electron chi connectivity index (χ2n) is 2.60. The molecule has 0 N–H and O–H groups in total. The van der Waals surface area contributed by atoms with Crippen LogP contribution in [0.5, 0.6) is 0 Å². The topological polar surface area (TPSA) is 48.8 Å². The molecule has 0 amide bonds. The van der Waals surface area contributed by atoms with Crippen molar-refractivity contribution >= 4 is 17.7 Å². The van der Waals surface area contributed by atoms with E-state index < -0.39 is 11.6 Å². The summed E-state index contributed by atoms with van der Waals surface area (Å²) in [5.74, 6) is -1.51. The third kappa shape index (κ3) is 3.23. The van der Waals surface area contributed by atoms with Crippen molar-refractivity contribution in [3.63, 3.8) is 0 Å². The van der Waals surface area contributed by atoms with Gasteiger partial charge in [-0.1, -0.05) is 28.9 Å². The van der Waals surface area contributed by atoms with Gasteiger partial charge in [0.15, 0.2) is 0 Å². The number of nitrogens with zero attached hydrogens (tertiary/aromatic N) is 3. The largest absolute Gasteiger partial charge is 0.206 e. The minimum Gasteiger partial charge on any atom is -0.206 e. The molecule has 0 saturated heterocycles. The number of rotatable bonds is 3. The molecule has 0 aliphatic heterocycles. The molecule has 3 nitrogen and oxygen atoms in total. The van der Waals surface area contributed by atoms with Crippen LogP contribution in [-0.2, 0) is 0 Å². The predicted octanol–water partition coefficient (Wildman–Crippen LogP) is 3.94. The first-order valence-corrected chi connectivity index (χ1v) is 4.35. The standard InChI is InChI=1S/C9H6ClF2N3/c10-6-4-8(11)7(9(12)5-6)2-1-3-14-15-13/h1-2,4-5H,3H2. The van der Waals surface area contributed by atoms with E-state index in [2.05, 4.69) is 10.0 Å². The molecule has 1 aromatic carbocycles. The highest BCUT2D eigenvalue weighted by Gasteiger charge is 2.06. The lowest BCUT2D eigenvalue weighted by atomic mass is 10.2. The summed E-state index contributed by atoms with van der Waals surface area (Å²) in [5, 5.41) is 3.18. The van der Waals surface area contributed by atoms with Crippen LogP contribution in [0.1, 0.15) is 5.56 Å². The maximum Gasteiger partial charge on any atom is 0.134 e. The molecule has 0 radical (unpaired) electrons. The molecule has 0 unspecified atom stereocenters. The number of benzene rings is 1. The fraction of sp³-hybridized carbons (Fsp3) is 0.111. The molecular weight excluding hydrogens is 224 g/mol. The number of hydrogen-bond acceptors (Lipinski definition) is 1. The van der Waals surface area contributed by atoms with Gasteiger partial charge in [0, 0.05) is 22.0 Å². The summed E-state index contributed by atoms with van der Waals surface area (Å²) in [7, 11) is 0. The Morgan fingerprint density at radius 3 is 2.53 bits per heavy atom. The summed E-state index contributed by atoms with van der Waals surface area (Å²) in [5.41, 5.74) is 7.77. The van der Waals surface area contributed by atoms with E-state index in [0.29, 0.717) is 0 Å². The summed E-state index contributed by atoms with van der Waals surface area (Å²) in [6.07, 6.45) is 2.56. The lowest BCUT2D eigenvalue weighted by Gasteiger charge is -1.99. The fourth-order valence-corrected chi connectivity index (χ4v) is 1.16. The Morgan fingerprint density at radius 2 is 2.00 bits per heavy atom. The molecule has 1 aromatic rings. The van der Waals surface area contributed by atoms with Crippen molar-refractivity contribution in [3.05, 3.63) is 50.9 Å². The van der Waals surface area contributed by atoms with Gasteiger partial charge in [-0.2, -0.15) is 0 Å². The molecule has 0 spiro atoms. The Bertz CT molecular complexity index is 416. The summed E-state index contributed by atoms with van der Waals surface area (Å²) in [6.45, 7) is 0.0397. The van der Waals surface area contributed by atoms with E-state index in [1.807, 2.05) is 0 Å². The number of halogens is 3. The van der Waals surface area contributed by atoms with Gasteiger partial charge in [-0.3, -0.25) is 0 Å². The van der Waals surface area contributed by atoms with Gasteiger partial charge in [0.1, 0.15) is 11.6 Å². The molecule has 0 aliphatic carbocycles. The van der Waals surface area contributed by atoms with Gasteiger partial charge in [-0.25, -0.2) is 8.78 Å². The van der Waals surface area contributed by atoms with Gasteiger partial charge >= 0.3 is 0 Å². The molecule has 1 rings (SSSR count).